The van der Waals surface area contributed by atoms with Crippen LogP contribution in [0.5, 0.6) is 0 Å². The maximum atomic E-state index is 6.28. The molecule has 0 radical (unpaired) electrons. The summed E-state index contributed by atoms with van der Waals surface area (Å²) in [5.74, 6) is 0.951. The van der Waals surface area contributed by atoms with Gasteiger partial charge in [-0.15, -0.1) is 0 Å². The van der Waals surface area contributed by atoms with E-state index in [1.807, 2.05) is 24.3 Å². The largest absolute Gasteiger partial charge is 0.468 e. The van der Waals surface area contributed by atoms with Crippen LogP contribution >= 0.6 is 27.5 Å². The summed E-state index contributed by atoms with van der Waals surface area (Å²) in [6.45, 7) is 3.11. The lowest BCUT2D eigenvalue weighted by molar-refractivity contribution is 0.410. The summed E-state index contributed by atoms with van der Waals surface area (Å²) in [7, 11) is 0. The quantitative estimate of drug-likeness (QED) is 0.801. The molecular weight excluding hydrogens is 326 g/mol. The average Bonchev–Trinajstić information content (AvgIpc) is 2.90. The van der Waals surface area contributed by atoms with Crippen molar-refractivity contribution in [3.8, 4) is 0 Å². The van der Waals surface area contributed by atoms with Crippen LogP contribution < -0.4 is 5.32 Å². The third-order valence-electron chi connectivity index (χ3n) is 2.97. The molecule has 1 heterocycles. The Kier molecular flexibility index (Phi) is 5.49. The normalized spacial score (nSPS) is 12.6. The zero-order chi connectivity index (χ0) is 13.7. The predicted molar refractivity (Wildman–Crippen MR) is 82.6 cm³/mol. The van der Waals surface area contributed by atoms with Crippen molar-refractivity contribution >= 4 is 27.5 Å². The van der Waals surface area contributed by atoms with Gasteiger partial charge in [0.05, 0.1) is 12.3 Å². The molecule has 2 aromatic rings. The number of hydrogen-bond acceptors (Lipinski definition) is 2. The van der Waals surface area contributed by atoms with Gasteiger partial charge >= 0.3 is 0 Å². The van der Waals surface area contributed by atoms with E-state index in [2.05, 4.69) is 34.2 Å². The second-order valence-electron chi connectivity index (χ2n) is 4.46. The fraction of sp³-hybridized carbons (Fsp3) is 0.333. The molecule has 0 aliphatic carbocycles. The van der Waals surface area contributed by atoms with Crippen molar-refractivity contribution in [2.24, 2.45) is 0 Å². The highest BCUT2D eigenvalue weighted by molar-refractivity contribution is 9.10. The first-order valence-corrected chi connectivity index (χ1v) is 7.58. The number of furan rings is 1. The second kappa shape index (κ2) is 7.13. The lowest BCUT2D eigenvalue weighted by Gasteiger charge is -2.17. The summed E-state index contributed by atoms with van der Waals surface area (Å²) >= 11 is 9.71. The van der Waals surface area contributed by atoms with Crippen molar-refractivity contribution in [1.29, 1.82) is 0 Å². The Morgan fingerprint density at radius 2 is 2.21 bits per heavy atom. The van der Waals surface area contributed by atoms with E-state index in [0.717, 1.165) is 40.2 Å². The maximum absolute atomic E-state index is 6.28. The van der Waals surface area contributed by atoms with E-state index in [1.54, 1.807) is 6.26 Å². The molecule has 4 heteroatoms. The lowest BCUT2D eigenvalue weighted by atomic mass is 10.0. The number of nitrogens with one attached hydrogen (secondary N) is 1. The van der Waals surface area contributed by atoms with Gasteiger partial charge in [-0.05, 0) is 49.2 Å². The van der Waals surface area contributed by atoms with E-state index in [-0.39, 0.29) is 6.04 Å². The summed E-state index contributed by atoms with van der Waals surface area (Å²) in [6.07, 6.45) is 3.62. The monoisotopic (exact) mass is 341 g/mol. The minimum atomic E-state index is 0.161. The molecule has 0 aliphatic rings. The van der Waals surface area contributed by atoms with Gasteiger partial charge in [0, 0.05) is 9.50 Å². The number of hydrogen-bond donors (Lipinski definition) is 1. The summed E-state index contributed by atoms with van der Waals surface area (Å²) in [5.41, 5.74) is 1.12. The molecule has 1 aromatic carbocycles. The summed E-state index contributed by atoms with van der Waals surface area (Å²) in [6, 6.07) is 10.1. The van der Waals surface area contributed by atoms with Gasteiger partial charge in [0.2, 0.25) is 0 Å². The molecule has 0 saturated heterocycles. The summed E-state index contributed by atoms with van der Waals surface area (Å²) in [4.78, 5) is 0. The first-order chi connectivity index (χ1) is 9.20. The minimum Gasteiger partial charge on any atom is -0.468 e. The fourth-order valence-electron chi connectivity index (χ4n) is 1.99. The van der Waals surface area contributed by atoms with Gasteiger partial charge in [0.1, 0.15) is 5.76 Å². The van der Waals surface area contributed by atoms with Crippen LogP contribution in [0.2, 0.25) is 5.02 Å². The Balaban J connectivity index is 2.15. The van der Waals surface area contributed by atoms with Gasteiger partial charge in [-0.3, -0.25) is 0 Å². The SMILES string of the molecule is CCCNC(Cc1ccc(Br)cc1Cl)c1ccco1. The maximum Gasteiger partial charge on any atom is 0.121 e. The molecule has 1 aromatic heterocycles. The molecule has 1 N–H and O–H groups in total. The molecule has 2 nitrogen and oxygen atoms in total. The van der Waals surface area contributed by atoms with Crippen molar-refractivity contribution < 1.29 is 4.42 Å². The van der Waals surface area contributed by atoms with Crippen LogP contribution in [0, 0.1) is 0 Å². The number of halogens is 2. The zero-order valence-corrected chi connectivity index (χ0v) is 13.2. The van der Waals surface area contributed by atoms with E-state index in [0.29, 0.717) is 0 Å². The van der Waals surface area contributed by atoms with Gasteiger partial charge in [-0.1, -0.05) is 40.5 Å². The number of rotatable bonds is 6. The molecular formula is C15H17BrClNO. The van der Waals surface area contributed by atoms with E-state index < -0.39 is 0 Å². The van der Waals surface area contributed by atoms with Crippen LogP contribution in [0.3, 0.4) is 0 Å². The Morgan fingerprint density at radius 1 is 1.37 bits per heavy atom. The summed E-state index contributed by atoms with van der Waals surface area (Å²) < 4.78 is 6.51. The van der Waals surface area contributed by atoms with Crippen molar-refractivity contribution in [2.75, 3.05) is 6.54 Å². The molecule has 0 amide bonds. The van der Waals surface area contributed by atoms with Crippen LogP contribution in [0.25, 0.3) is 0 Å². The average molecular weight is 343 g/mol. The molecule has 0 aliphatic heterocycles. The highest BCUT2D eigenvalue weighted by Crippen LogP contribution is 2.26. The molecule has 102 valence electrons. The van der Waals surface area contributed by atoms with Crippen LogP contribution in [-0.4, -0.2) is 6.54 Å². The van der Waals surface area contributed by atoms with Gasteiger partial charge in [-0.2, -0.15) is 0 Å². The Labute approximate surface area is 127 Å². The van der Waals surface area contributed by atoms with Gasteiger partial charge < -0.3 is 9.73 Å². The Morgan fingerprint density at radius 3 is 2.84 bits per heavy atom. The lowest BCUT2D eigenvalue weighted by Crippen LogP contribution is -2.23. The molecule has 0 spiro atoms. The minimum absolute atomic E-state index is 0.161. The van der Waals surface area contributed by atoms with E-state index in [9.17, 15) is 0 Å². The van der Waals surface area contributed by atoms with E-state index in [4.69, 9.17) is 16.0 Å². The van der Waals surface area contributed by atoms with Crippen molar-refractivity contribution in [2.45, 2.75) is 25.8 Å². The van der Waals surface area contributed by atoms with Gasteiger partial charge in [0.15, 0.2) is 0 Å². The van der Waals surface area contributed by atoms with Crippen LogP contribution in [-0.2, 0) is 6.42 Å². The third-order valence-corrected chi connectivity index (χ3v) is 3.81. The van der Waals surface area contributed by atoms with E-state index >= 15 is 0 Å². The molecule has 0 saturated carbocycles. The standard InChI is InChI=1S/C15H17BrClNO/c1-2-7-18-14(15-4-3-8-19-15)9-11-5-6-12(16)10-13(11)17/h3-6,8,10,14,18H,2,7,9H2,1H3. The highest BCUT2D eigenvalue weighted by Gasteiger charge is 2.15. The molecule has 1 atom stereocenters. The molecule has 2 rings (SSSR count). The van der Waals surface area contributed by atoms with E-state index in [1.165, 1.54) is 0 Å². The molecule has 19 heavy (non-hydrogen) atoms. The van der Waals surface area contributed by atoms with Gasteiger partial charge in [-0.25, -0.2) is 0 Å². The second-order valence-corrected chi connectivity index (χ2v) is 5.78. The molecule has 1 unspecified atom stereocenters. The van der Waals surface area contributed by atoms with Crippen molar-refractivity contribution in [1.82, 2.24) is 5.32 Å². The smallest absolute Gasteiger partial charge is 0.121 e. The molecule has 0 fully saturated rings. The van der Waals surface area contributed by atoms with Crippen molar-refractivity contribution in [3.05, 3.63) is 57.4 Å². The fourth-order valence-corrected chi connectivity index (χ4v) is 2.74. The van der Waals surface area contributed by atoms with Crippen LogP contribution in [0.15, 0.2) is 45.5 Å². The topological polar surface area (TPSA) is 25.2 Å². The van der Waals surface area contributed by atoms with Crippen LogP contribution in [0.1, 0.15) is 30.7 Å². The Bertz CT molecular complexity index is 513. The Hall–Kier alpha value is -0.770. The highest BCUT2D eigenvalue weighted by atomic mass is 79.9. The zero-order valence-electron chi connectivity index (χ0n) is 10.8. The third kappa shape index (κ3) is 4.10. The van der Waals surface area contributed by atoms with Crippen molar-refractivity contribution in [3.63, 3.8) is 0 Å². The first-order valence-electron chi connectivity index (χ1n) is 6.41. The molecule has 0 bridgehead atoms. The van der Waals surface area contributed by atoms with Crippen LogP contribution in [0.4, 0.5) is 0 Å². The summed E-state index contributed by atoms with van der Waals surface area (Å²) in [5, 5.41) is 4.28. The number of benzene rings is 1. The predicted octanol–water partition coefficient (Wildman–Crippen LogP) is 4.98. The first kappa shape index (κ1) is 14.6. The van der Waals surface area contributed by atoms with Gasteiger partial charge in [0.25, 0.3) is 0 Å².